The predicted octanol–water partition coefficient (Wildman–Crippen LogP) is 4.66. The van der Waals surface area contributed by atoms with Gasteiger partial charge >= 0.3 is 36.4 Å². The van der Waals surface area contributed by atoms with E-state index in [0.717, 1.165) is 18.7 Å². The lowest BCUT2D eigenvalue weighted by atomic mass is 10.3. The molecule has 0 aromatic heterocycles. The van der Waals surface area contributed by atoms with Crippen LogP contribution in [-0.4, -0.2) is 67.5 Å². The molecule has 0 spiro atoms. The second-order valence-corrected chi connectivity index (χ2v) is 6.48. The Morgan fingerprint density at radius 1 is 0.800 bits per heavy atom. The fourth-order valence-corrected chi connectivity index (χ4v) is 1.47. The zero-order chi connectivity index (χ0) is 28.6. The van der Waals surface area contributed by atoms with E-state index in [4.69, 9.17) is 0 Å². The SMILES string of the molecule is C=CCN(CC(=C)C)C(=O)C(F)(F)F.C=CCNCC(=C)C.O=C(OC(=O)C(F)(F)F)C(F)(F)F. The first-order valence-electron chi connectivity index (χ1n) is 9.08. The van der Waals surface area contributed by atoms with Crippen LogP contribution in [-0.2, 0) is 19.1 Å². The largest absolute Gasteiger partial charge is 0.491 e. The van der Waals surface area contributed by atoms with E-state index in [2.05, 4.69) is 36.4 Å². The van der Waals surface area contributed by atoms with E-state index < -0.39 is 36.4 Å². The third-order valence-corrected chi connectivity index (χ3v) is 2.70. The molecule has 0 radical (unpaired) electrons. The van der Waals surface area contributed by atoms with E-state index in [1.165, 1.54) is 6.08 Å². The fourth-order valence-electron chi connectivity index (χ4n) is 1.47. The minimum atomic E-state index is -5.62. The van der Waals surface area contributed by atoms with Crippen molar-refractivity contribution >= 4 is 17.8 Å². The quantitative estimate of drug-likeness (QED) is 0.163. The molecule has 0 aromatic rings. The minimum absolute atomic E-state index is 0.107. The third kappa shape index (κ3) is 21.2. The number of halogens is 9. The summed E-state index contributed by atoms with van der Waals surface area (Å²) in [5.74, 6) is -8.26. The van der Waals surface area contributed by atoms with E-state index in [-0.39, 0.29) is 13.1 Å². The number of nitrogens with zero attached hydrogens (tertiary/aromatic N) is 1. The highest BCUT2D eigenvalue weighted by Gasteiger charge is 2.49. The molecule has 0 aromatic carbocycles. The topological polar surface area (TPSA) is 75.7 Å². The van der Waals surface area contributed by atoms with Gasteiger partial charge in [-0.25, -0.2) is 9.59 Å². The molecule has 1 N–H and O–H groups in total. The molecule has 35 heavy (non-hydrogen) atoms. The van der Waals surface area contributed by atoms with E-state index in [1.54, 1.807) is 6.92 Å². The van der Waals surface area contributed by atoms with Gasteiger partial charge in [-0.2, -0.15) is 39.5 Å². The number of hydrogen-bond acceptors (Lipinski definition) is 5. The second kappa shape index (κ2) is 16.5. The molecule has 0 bridgehead atoms. The molecule has 0 aliphatic heterocycles. The van der Waals surface area contributed by atoms with Gasteiger partial charge in [-0.3, -0.25) is 4.79 Å². The normalized spacial score (nSPS) is 10.9. The van der Waals surface area contributed by atoms with E-state index in [0.29, 0.717) is 10.5 Å². The maximum absolute atomic E-state index is 12.0. The number of amides is 1. The van der Waals surface area contributed by atoms with Crippen LogP contribution in [0.4, 0.5) is 39.5 Å². The zero-order valence-corrected chi connectivity index (χ0v) is 18.8. The third-order valence-electron chi connectivity index (χ3n) is 2.70. The molecule has 0 aliphatic rings. The van der Waals surface area contributed by atoms with Gasteiger partial charge in [-0.15, -0.1) is 13.2 Å². The molecule has 0 fully saturated rings. The summed E-state index contributed by atoms with van der Waals surface area (Å²) >= 11 is 0. The lowest BCUT2D eigenvalue weighted by molar-refractivity contribution is -0.221. The van der Waals surface area contributed by atoms with Gasteiger partial charge in [0.1, 0.15) is 0 Å². The maximum atomic E-state index is 12.0. The Bertz CT molecular complexity index is 731. The number of alkyl halides is 9. The van der Waals surface area contributed by atoms with Gasteiger partial charge in [0.2, 0.25) is 0 Å². The van der Waals surface area contributed by atoms with E-state index in [1.807, 2.05) is 13.0 Å². The molecule has 6 nitrogen and oxygen atoms in total. The second-order valence-electron chi connectivity index (χ2n) is 6.48. The summed E-state index contributed by atoms with van der Waals surface area (Å²) in [6.07, 6.45) is -13.0. The lowest BCUT2D eigenvalue weighted by Crippen LogP contribution is -2.41. The van der Waals surface area contributed by atoms with Crippen LogP contribution in [0.2, 0.25) is 0 Å². The average Bonchev–Trinajstić information content (AvgIpc) is 2.65. The highest BCUT2D eigenvalue weighted by molar-refractivity contribution is 5.90. The van der Waals surface area contributed by atoms with Gasteiger partial charge in [0.05, 0.1) is 0 Å². The molecule has 1 amide bonds. The van der Waals surface area contributed by atoms with Gasteiger partial charge < -0.3 is 15.0 Å². The molecule has 0 atom stereocenters. The van der Waals surface area contributed by atoms with Crippen LogP contribution < -0.4 is 5.32 Å². The summed E-state index contributed by atoms with van der Waals surface area (Å²) < 4.78 is 106. The molecular formula is C20H25F9N2O4. The van der Waals surface area contributed by atoms with Gasteiger partial charge in [-0.1, -0.05) is 36.5 Å². The summed E-state index contributed by atoms with van der Waals surface area (Å²) in [5, 5.41) is 3.12. The number of carbonyl (C=O) groups excluding carboxylic acids is 3. The van der Waals surface area contributed by atoms with Gasteiger partial charge in [0, 0.05) is 26.2 Å². The molecule has 0 heterocycles. The Hall–Kier alpha value is -3.10. The van der Waals surface area contributed by atoms with Crippen LogP contribution in [0.5, 0.6) is 0 Å². The first-order chi connectivity index (χ1) is 15.6. The Kier molecular flexibility index (Phi) is 17.2. The Balaban J connectivity index is -0.000000456. The van der Waals surface area contributed by atoms with Crippen molar-refractivity contribution in [3.63, 3.8) is 0 Å². The van der Waals surface area contributed by atoms with Crippen molar-refractivity contribution in [2.24, 2.45) is 0 Å². The predicted molar refractivity (Wildman–Crippen MR) is 109 cm³/mol. The highest BCUT2D eigenvalue weighted by Crippen LogP contribution is 2.21. The number of nitrogens with one attached hydrogen (secondary N) is 1. The summed E-state index contributed by atoms with van der Waals surface area (Å²) in [4.78, 5) is 30.8. The molecular weight excluding hydrogens is 503 g/mol. The van der Waals surface area contributed by atoms with Crippen molar-refractivity contribution in [3.8, 4) is 0 Å². The van der Waals surface area contributed by atoms with Crippen LogP contribution in [0.25, 0.3) is 0 Å². The zero-order valence-electron chi connectivity index (χ0n) is 18.8. The summed E-state index contributed by atoms with van der Waals surface area (Å²) in [5.41, 5.74) is 1.65. The fraction of sp³-hybridized carbons (Fsp3) is 0.450. The molecule has 0 aliphatic carbocycles. The minimum Gasteiger partial charge on any atom is -0.380 e. The number of ether oxygens (including phenoxy) is 1. The molecule has 0 saturated heterocycles. The van der Waals surface area contributed by atoms with E-state index in [9.17, 15) is 53.9 Å². The van der Waals surface area contributed by atoms with Crippen molar-refractivity contribution in [1.29, 1.82) is 0 Å². The number of rotatable bonds is 8. The van der Waals surface area contributed by atoms with Crippen LogP contribution in [0.15, 0.2) is 49.6 Å². The van der Waals surface area contributed by atoms with Crippen molar-refractivity contribution in [1.82, 2.24) is 10.2 Å². The molecule has 15 heteroatoms. The molecule has 0 rings (SSSR count). The number of esters is 2. The van der Waals surface area contributed by atoms with E-state index >= 15 is 0 Å². The Morgan fingerprint density at radius 2 is 1.23 bits per heavy atom. The Labute approximate surface area is 195 Å². The molecule has 0 saturated carbocycles. The number of carbonyl (C=O) groups is 3. The van der Waals surface area contributed by atoms with Crippen molar-refractivity contribution in [2.75, 3.05) is 26.2 Å². The molecule has 202 valence electrons. The van der Waals surface area contributed by atoms with Gasteiger partial charge in [0.15, 0.2) is 0 Å². The monoisotopic (exact) mass is 528 g/mol. The standard InChI is InChI=1S/C9H12F3NO.C7H13N.C4F6O3/c1-4-5-13(6-7(2)3)8(14)9(10,11)12;1-4-5-8-6-7(2)3;5-3(6,7)1(11)13-2(12)4(8,9)10/h4H,1-2,5-6H2,3H3;4,8H,1-2,5-6H2,3H3;. The average molecular weight is 528 g/mol. The summed E-state index contributed by atoms with van der Waals surface area (Å²) in [6, 6.07) is 0. The summed E-state index contributed by atoms with van der Waals surface area (Å²) in [7, 11) is 0. The highest BCUT2D eigenvalue weighted by atomic mass is 19.4. The molecule has 0 unspecified atom stereocenters. The smallest absolute Gasteiger partial charge is 0.380 e. The number of hydrogen-bond donors (Lipinski definition) is 1. The van der Waals surface area contributed by atoms with Gasteiger partial charge in [0.25, 0.3) is 0 Å². The maximum Gasteiger partial charge on any atom is 0.491 e. The lowest BCUT2D eigenvalue weighted by Gasteiger charge is -2.22. The Morgan fingerprint density at radius 3 is 1.49 bits per heavy atom. The first kappa shape index (κ1) is 36.5. The van der Waals surface area contributed by atoms with Crippen molar-refractivity contribution < 1.29 is 58.6 Å². The van der Waals surface area contributed by atoms with Gasteiger partial charge in [-0.05, 0) is 13.8 Å². The van der Waals surface area contributed by atoms with Crippen LogP contribution in [0.1, 0.15) is 13.8 Å². The van der Waals surface area contributed by atoms with Crippen LogP contribution in [0, 0.1) is 0 Å². The van der Waals surface area contributed by atoms with Crippen LogP contribution >= 0.6 is 0 Å². The first-order valence-corrected chi connectivity index (χ1v) is 9.08. The van der Waals surface area contributed by atoms with Crippen LogP contribution in [0.3, 0.4) is 0 Å². The van der Waals surface area contributed by atoms with Crippen molar-refractivity contribution in [2.45, 2.75) is 32.4 Å². The summed E-state index contributed by atoms with van der Waals surface area (Å²) in [6.45, 7) is 19.1. The van der Waals surface area contributed by atoms with Crippen molar-refractivity contribution in [3.05, 3.63) is 49.6 Å².